The summed E-state index contributed by atoms with van der Waals surface area (Å²) >= 11 is 0. The van der Waals surface area contributed by atoms with Crippen LogP contribution in [0.5, 0.6) is 0 Å². The second kappa shape index (κ2) is 8.82. The van der Waals surface area contributed by atoms with E-state index in [4.69, 9.17) is 5.73 Å². The lowest BCUT2D eigenvalue weighted by Crippen LogP contribution is -2.47. The highest BCUT2D eigenvalue weighted by atomic mass is 19.4. The van der Waals surface area contributed by atoms with E-state index in [-0.39, 0.29) is 17.7 Å². The molecule has 3 aromatic rings. The highest BCUT2D eigenvalue weighted by molar-refractivity contribution is 6.38. The first-order valence-electron chi connectivity index (χ1n) is 8.99. The Kier molecular flexibility index (Phi) is 6.19. The molecule has 3 N–H and O–H groups in total. The molecule has 0 unspecified atom stereocenters. The second-order valence-corrected chi connectivity index (χ2v) is 6.54. The van der Waals surface area contributed by atoms with Gasteiger partial charge in [-0.25, -0.2) is 0 Å². The van der Waals surface area contributed by atoms with Crippen molar-refractivity contribution in [3.05, 3.63) is 77.6 Å². The standard InChI is InChI=1S/C21H16F3N3O4/c22-21(23,24)18-15(16(27-31-18)13-9-5-2-6-10-13)20(30)26-14(17(28)19(25)29)11-12-7-3-1-4-8-12/h1-10,14H,11H2,(H2,25,29)(H,26,30)/t14-/m0/s1. The zero-order valence-corrected chi connectivity index (χ0v) is 15.8. The van der Waals surface area contributed by atoms with E-state index < -0.39 is 41.1 Å². The van der Waals surface area contributed by atoms with Crippen molar-refractivity contribution in [2.75, 3.05) is 0 Å². The van der Waals surface area contributed by atoms with Crippen molar-refractivity contribution >= 4 is 17.6 Å². The van der Waals surface area contributed by atoms with E-state index in [1.165, 1.54) is 12.1 Å². The number of alkyl halides is 3. The quantitative estimate of drug-likeness (QED) is 0.558. The molecule has 0 aliphatic carbocycles. The minimum absolute atomic E-state index is 0.151. The Morgan fingerprint density at radius 1 is 1.00 bits per heavy atom. The highest BCUT2D eigenvalue weighted by Crippen LogP contribution is 2.36. The summed E-state index contributed by atoms with van der Waals surface area (Å²) in [5, 5.41) is 5.60. The van der Waals surface area contributed by atoms with Crippen LogP contribution in [-0.4, -0.2) is 28.8 Å². The molecule has 0 bridgehead atoms. The van der Waals surface area contributed by atoms with E-state index in [1.807, 2.05) is 0 Å². The number of hydrogen-bond acceptors (Lipinski definition) is 5. The molecule has 31 heavy (non-hydrogen) atoms. The average Bonchev–Trinajstić information content (AvgIpc) is 3.20. The van der Waals surface area contributed by atoms with E-state index in [1.54, 1.807) is 48.5 Å². The summed E-state index contributed by atoms with van der Waals surface area (Å²) in [6.45, 7) is 0. The number of Topliss-reactive ketones (excluding diaryl/α,β-unsaturated/α-hetero) is 1. The third-order valence-electron chi connectivity index (χ3n) is 4.37. The van der Waals surface area contributed by atoms with E-state index in [2.05, 4.69) is 15.0 Å². The molecular formula is C21H16F3N3O4. The summed E-state index contributed by atoms with van der Waals surface area (Å²) in [5.74, 6) is -5.37. The summed E-state index contributed by atoms with van der Waals surface area (Å²) in [6.07, 6.45) is -5.17. The minimum Gasteiger partial charge on any atom is -0.363 e. The fourth-order valence-corrected chi connectivity index (χ4v) is 2.95. The van der Waals surface area contributed by atoms with Crippen LogP contribution in [0.3, 0.4) is 0 Å². The molecule has 0 aliphatic rings. The number of nitrogens with one attached hydrogen (secondary N) is 1. The Hall–Kier alpha value is -3.95. The number of amides is 2. The maximum Gasteiger partial charge on any atom is 0.453 e. The van der Waals surface area contributed by atoms with Gasteiger partial charge in [0.2, 0.25) is 5.78 Å². The van der Waals surface area contributed by atoms with Crippen LogP contribution in [0, 0.1) is 0 Å². The molecule has 0 saturated carbocycles. The number of carbonyl (C=O) groups is 3. The van der Waals surface area contributed by atoms with Crippen LogP contribution in [-0.2, 0) is 22.2 Å². The molecule has 2 aromatic carbocycles. The number of nitrogens with two attached hydrogens (primary N) is 1. The second-order valence-electron chi connectivity index (χ2n) is 6.54. The molecule has 0 aliphatic heterocycles. The number of ketones is 1. The first-order chi connectivity index (χ1) is 14.7. The molecule has 0 saturated heterocycles. The maximum absolute atomic E-state index is 13.5. The zero-order valence-electron chi connectivity index (χ0n) is 15.8. The molecule has 3 rings (SSSR count). The van der Waals surface area contributed by atoms with Gasteiger partial charge in [0, 0.05) is 12.0 Å². The molecule has 1 atom stereocenters. The van der Waals surface area contributed by atoms with Crippen LogP contribution >= 0.6 is 0 Å². The number of nitrogens with zero attached hydrogens (tertiary/aromatic N) is 1. The van der Waals surface area contributed by atoms with Crippen LogP contribution in [0.25, 0.3) is 11.3 Å². The fourth-order valence-electron chi connectivity index (χ4n) is 2.95. The van der Waals surface area contributed by atoms with Crippen LogP contribution in [0.1, 0.15) is 21.7 Å². The van der Waals surface area contributed by atoms with Gasteiger partial charge in [-0.1, -0.05) is 65.8 Å². The number of carbonyl (C=O) groups excluding carboxylic acids is 3. The molecular weight excluding hydrogens is 415 g/mol. The van der Waals surface area contributed by atoms with Crippen LogP contribution in [0.2, 0.25) is 0 Å². The van der Waals surface area contributed by atoms with Gasteiger partial charge in [0.15, 0.2) is 0 Å². The molecule has 0 spiro atoms. The van der Waals surface area contributed by atoms with E-state index >= 15 is 0 Å². The zero-order chi connectivity index (χ0) is 22.6. The predicted octanol–water partition coefficient (Wildman–Crippen LogP) is 2.76. The molecule has 7 nitrogen and oxygen atoms in total. The van der Waals surface area contributed by atoms with Crippen molar-refractivity contribution in [3.8, 4) is 11.3 Å². The van der Waals surface area contributed by atoms with Crippen LogP contribution in [0.4, 0.5) is 13.2 Å². The number of rotatable bonds is 7. The Balaban J connectivity index is 2.00. The fraction of sp³-hybridized carbons (Fsp3) is 0.143. The number of benzene rings is 2. The lowest BCUT2D eigenvalue weighted by Gasteiger charge is -2.17. The van der Waals surface area contributed by atoms with Gasteiger partial charge in [-0.3, -0.25) is 14.4 Å². The van der Waals surface area contributed by atoms with Gasteiger partial charge >= 0.3 is 6.18 Å². The van der Waals surface area contributed by atoms with Crippen molar-refractivity contribution in [2.24, 2.45) is 5.73 Å². The van der Waals surface area contributed by atoms with Crippen LogP contribution in [0.15, 0.2) is 65.2 Å². The molecule has 1 heterocycles. The van der Waals surface area contributed by atoms with Gasteiger partial charge in [0.1, 0.15) is 17.3 Å². The van der Waals surface area contributed by atoms with Crippen molar-refractivity contribution in [2.45, 2.75) is 18.6 Å². The number of hydrogen-bond donors (Lipinski definition) is 2. The smallest absolute Gasteiger partial charge is 0.363 e. The monoisotopic (exact) mass is 431 g/mol. The van der Waals surface area contributed by atoms with Crippen molar-refractivity contribution in [1.29, 1.82) is 0 Å². The lowest BCUT2D eigenvalue weighted by atomic mass is 10.00. The summed E-state index contributed by atoms with van der Waals surface area (Å²) in [4.78, 5) is 36.5. The van der Waals surface area contributed by atoms with Gasteiger partial charge in [-0.2, -0.15) is 13.2 Å². The highest BCUT2D eigenvalue weighted by Gasteiger charge is 2.43. The Labute approximate surface area is 174 Å². The Morgan fingerprint density at radius 2 is 1.58 bits per heavy atom. The van der Waals surface area contributed by atoms with Crippen LogP contribution < -0.4 is 11.1 Å². The van der Waals surface area contributed by atoms with Gasteiger partial charge < -0.3 is 15.6 Å². The largest absolute Gasteiger partial charge is 0.453 e. The normalized spacial score (nSPS) is 12.2. The molecule has 160 valence electrons. The van der Waals surface area contributed by atoms with Gasteiger partial charge in [-0.15, -0.1) is 0 Å². The summed E-state index contributed by atoms with van der Waals surface area (Å²) in [6, 6.07) is 14.5. The Morgan fingerprint density at radius 3 is 2.13 bits per heavy atom. The maximum atomic E-state index is 13.5. The SMILES string of the molecule is NC(=O)C(=O)[C@H](Cc1ccccc1)NC(=O)c1c(-c2ccccc2)noc1C(F)(F)F. The average molecular weight is 431 g/mol. The first kappa shape index (κ1) is 21.8. The van der Waals surface area contributed by atoms with Gasteiger partial charge in [0.25, 0.3) is 17.6 Å². The first-order valence-corrected chi connectivity index (χ1v) is 8.99. The molecule has 1 aromatic heterocycles. The molecule has 0 fully saturated rings. The topological polar surface area (TPSA) is 115 Å². The van der Waals surface area contributed by atoms with Crippen molar-refractivity contribution < 1.29 is 32.1 Å². The van der Waals surface area contributed by atoms with E-state index in [0.717, 1.165) is 0 Å². The van der Waals surface area contributed by atoms with E-state index in [9.17, 15) is 27.6 Å². The third-order valence-corrected chi connectivity index (χ3v) is 4.37. The minimum atomic E-state index is -5.02. The van der Waals surface area contributed by atoms with Gasteiger partial charge in [-0.05, 0) is 5.56 Å². The van der Waals surface area contributed by atoms with E-state index in [0.29, 0.717) is 5.56 Å². The van der Waals surface area contributed by atoms with Crippen molar-refractivity contribution in [3.63, 3.8) is 0 Å². The number of halogens is 3. The molecule has 2 amide bonds. The van der Waals surface area contributed by atoms with Gasteiger partial charge in [0.05, 0.1) is 0 Å². The number of primary amides is 1. The summed E-state index contributed by atoms with van der Waals surface area (Å²) < 4.78 is 44.8. The summed E-state index contributed by atoms with van der Waals surface area (Å²) in [5.41, 5.74) is 4.57. The number of aromatic nitrogens is 1. The third kappa shape index (κ3) is 4.97. The van der Waals surface area contributed by atoms with Crippen molar-refractivity contribution in [1.82, 2.24) is 10.5 Å². The molecule has 0 radical (unpaired) electrons. The summed E-state index contributed by atoms with van der Waals surface area (Å²) in [7, 11) is 0. The predicted molar refractivity (Wildman–Crippen MR) is 103 cm³/mol. The molecule has 10 heteroatoms. The lowest BCUT2D eigenvalue weighted by molar-refractivity contribution is -0.155. The Bertz CT molecular complexity index is 1100.